The largest absolute Gasteiger partial charge is 0.497 e. The average Bonchev–Trinajstić information content (AvgIpc) is 2.55. The molecule has 24 heavy (non-hydrogen) atoms. The van der Waals surface area contributed by atoms with Crippen LogP contribution in [0.5, 0.6) is 11.5 Å². The summed E-state index contributed by atoms with van der Waals surface area (Å²) in [6.45, 7) is -2.42. The van der Waals surface area contributed by atoms with E-state index in [4.69, 9.17) is 4.74 Å². The fourth-order valence-corrected chi connectivity index (χ4v) is 2.15. The van der Waals surface area contributed by atoms with Crippen LogP contribution < -0.4 is 14.8 Å². The number of rotatable bonds is 8. The number of nitro benzene ring substituents is 1. The zero-order valence-electron chi connectivity index (χ0n) is 12.9. The summed E-state index contributed by atoms with van der Waals surface area (Å²) in [5.74, 6) is 0.611. The number of non-ortho nitro benzene ring substituents is 1. The molecule has 0 aromatic heterocycles. The molecule has 0 fully saturated rings. The van der Waals surface area contributed by atoms with Crippen LogP contribution in [-0.4, -0.2) is 18.6 Å². The van der Waals surface area contributed by atoms with E-state index in [1.54, 1.807) is 13.2 Å². The van der Waals surface area contributed by atoms with Crippen molar-refractivity contribution in [2.75, 3.05) is 7.11 Å². The normalized spacial score (nSPS) is 10.7. The number of nitrogens with zero attached hydrogens (tertiary/aromatic N) is 1. The van der Waals surface area contributed by atoms with Gasteiger partial charge in [-0.3, -0.25) is 10.1 Å². The lowest BCUT2D eigenvalue weighted by molar-refractivity contribution is -0.385. The van der Waals surface area contributed by atoms with E-state index in [1.807, 2.05) is 18.2 Å². The summed E-state index contributed by atoms with van der Waals surface area (Å²) in [6.07, 6.45) is 0. The molecule has 2 rings (SSSR count). The zero-order chi connectivity index (χ0) is 17.5. The number of ether oxygens (including phenoxy) is 2. The lowest BCUT2D eigenvalue weighted by Gasteiger charge is -2.12. The lowest BCUT2D eigenvalue weighted by atomic mass is 10.1. The van der Waals surface area contributed by atoms with Gasteiger partial charge in [0.15, 0.2) is 0 Å². The Hall–Kier alpha value is -2.74. The van der Waals surface area contributed by atoms with Gasteiger partial charge in [0.05, 0.1) is 12.0 Å². The zero-order valence-corrected chi connectivity index (χ0v) is 12.9. The van der Waals surface area contributed by atoms with Crippen molar-refractivity contribution in [3.8, 4) is 11.5 Å². The van der Waals surface area contributed by atoms with Crippen molar-refractivity contribution >= 4 is 5.69 Å². The number of nitro groups is 1. The van der Waals surface area contributed by atoms with Crippen LogP contribution in [0.1, 0.15) is 11.1 Å². The Balaban J connectivity index is 2.08. The predicted molar refractivity (Wildman–Crippen MR) is 83.3 cm³/mol. The minimum absolute atomic E-state index is 0.0891. The van der Waals surface area contributed by atoms with Gasteiger partial charge in [0.1, 0.15) is 11.5 Å². The molecule has 0 aliphatic carbocycles. The highest BCUT2D eigenvalue weighted by atomic mass is 19.3. The Kier molecular flexibility index (Phi) is 6.02. The van der Waals surface area contributed by atoms with Gasteiger partial charge >= 0.3 is 6.61 Å². The van der Waals surface area contributed by atoms with Crippen molar-refractivity contribution in [2.24, 2.45) is 0 Å². The molecule has 8 heteroatoms. The maximum Gasteiger partial charge on any atom is 0.387 e. The Morgan fingerprint density at radius 1 is 1.21 bits per heavy atom. The number of hydrogen-bond donors (Lipinski definition) is 1. The van der Waals surface area contributed by atoms with Gasteiger partial charge in [0.25, 0.3) is 5.69 Å². The van der Waals surface area contributed by atoms with Crippen LogP contribution >= 0.6 is 0 Å². The van der Waals surface area contributed by atoms with E-state index in [9.17, 15) is 18.9 Å². The Bertz CT molecular complexity index is 710. The molecular weight excluding hydrogens is 322 g/mol. The van der Waals surface area contributed by atoms with Crippen LogP contribution in [0.2, 0.25) is 0 Å². The third-order valence-electron chi connectivity index (χ3n) is 3.25. The van der Waals surface area contributed by atoms with Gasteiger partial charge in [0, 0.05) is 30.8 Å². The van der Waals surface area contributed by atoms with Crippen molar-refractivity contribution in [2.45, 2.75) is 19.7 Å². The summed E-state index contributed by atoms with van der Waals surface area (Å²) < 4.78 is 34.4. The molecule has 1 N–H and O–H groups in total. The van der Waals surface area contributed by atoms with Crippen molar-refractivity contribution in [1.29, 1.82) is 0 Å². The molecule has 0 atom stereocenters. The highest BCUT2D eigenvalue weighted by Crippen LogP contribution is 2.25. The number of methoxy groups -OCH3 is 1. The molecule has 0 saturated carbocycles. The first-order valence-corrected chi connectivity index (χ1v) is 7.05. The maximum absolute atomic E-state index is 12.4. The summed E-state index contributed by atoms with van der Waals surface area (Å²) in [6, 6.07) is 10.9. The van der Waals surface area contributed by atoms with Gasteiger partial charge in [-0.1, -0.05) is 12.1 Å². The van der Waals surface area contributed by atoms with Crippen LogP contribution in [0.3, 0.4) is 0 Å². The number of benzene rings is 2. The van der Waals surface area contributed by atoms with Crippen LogP contribution in [0, 0.1) is 10.1 Å². The number of hydrogen-bond acceptors (Lipinski definition) is 5. The quantitative estimate of drug-likeness (QED) is 0.589. The van der Waals surface area contributed by atoms with E-state index in [0.29, 0.717) is 12.3 Å². The summed E-state index contributed by atoms with van der Waals surface area (Å²) >= 11 is 0. The molecular formula is C16H16F2N2O4. The van der Waals surface area contributed by atoms with Gasteiger partial charge in [-0.25, -0.2) is 0 Å². The van der Waals surface area contributed by atoms with E-state index in [2.05, 4.69) is 10.1 Å². The maximum atomic E-state index is 12.4. The molecule has 128 valence electrons. The first-order chi connectivity index (χ1) is 11.5. The van der Waals surface area contributed by atoms with Gasteiger partial charge in [-0.15, -0.1) is 0 Å². The molecule has 0 bridgehead atoms. The first-order valence-electron chi connectivity index (χ1n) is 7.05. The van der Waals surface area contributed by atoms with Crippen molar-refractivity contribution in [3.05, 3.63) is 63.7 Å². The lowest BCUT2D eigenvalue weighted by Crippen LogP contribution is -2.15. The third-order valence-corrected chi connectivity index (χ3v) is 3.25. The van der Waals surface area contributed by atoms with E-state index >= 15 is 0 Å². The van der Waals surface area contributed by atoms with Crippen molar-refractivity contribution in [3.63, 3.8) is 0 Å². The monoisotopic (exact) mass is 338 g/mol. The Labute approximate surface area is 137 Å². The van der Waals surface area contributed by atoms with Crippen LogP contribution in [0.15, 0.2) is 42.5 Å². The van der Waals surface area contributed by atoms with E-state index in [0.717, 1.165) is 11.6 Å². The molecule has 0 aliphatic rings. The Morgan fingerprint density at radius 3 is 2.67 bits per heavy atom. The minimum Gasteiger partial charge on any atom is -0.497 e. The van der Waals surface area contributed by atoms with Gasteiger partial charge in [0.2, 0.25) is 0 Å². The second-order valence-corrected chi connectivity index (χ2v) is 4.88. The molecule has 0 unspecified atom stereocenters. The summed E-state index contributed by atoms with van der Waals surface area (Å²) in [7, 11) is 1.56. The SMILES string of the molecule is COc1cccc(CNCc2cc([N+](=O)[O-])ccc2OC(F)F)c1. The van der Waals surface area contributed by atoms with Crippen molar-refractivity contribution < 1.29 is 23.2 Å². The summed E-state index contributed by atoms with van der Waals surface area (Å²) in [4.78, 5) is 10.2. The smallest absolute Gasteiger partial charge is 0.387 e. The molecule has 0 radical (unpaired) electrons. The third kappa shape index (κ3) is 4.88. The molecule has 2 aromatic carbocycles. The number of halogens is 2. The van der Waals surface area contributed by atoms with Gasteiger partial charge in [-0.05, 0) is 23.8 Å². The molecule has 6 nitrogen and oxygen atoms in total. The number of alkyl halides is 2. The molecule has 0 heterocycles. The molecule has 0 spiro atoms. The molecule has 0 amide bonds. The summed E-state index contributed by atoms with van der Waals surface area (Å²) in [5, 5.41) is 13.9. The first kappa shape index (κ1) is 17.6. The van der Waals surface area contributed by atoms with E-state index < -0.39 is 11.5 Å². The van der Waals surface area contributed by atoms with Crippen molar-refractivity contribution in [1.82, 2.24) is 5.32 Å². The standard InChI is InChI=1S/C16H16F2N2O4/c1-23-14-4-2-3-11(7-14)9-19-10-12-8-13(20(21)22)5-6-15(12)24-16(17)18/h2-8,16,19H,9-10H2,1H3. The summed E-state index contributed by atoms with van der Waals surface area (Å²) in [5.41, 5.74) is 1.03. The van der Waals surface area contributed by atoms with E-state index in [-0.39, 0.29) is 23.5 Å². The minimum atomic E-state index is -3.00. The van der Waals surface area contributed by atoms with Gasteiger partial charge in [-0.2, -0.15) is 8.78 Å². The second kappa shape index (κ2) is 8.21. The highest BCUT2D eigenvalue weighted by Gasteiger charge is 2.14. The molecule has 2 aromatic rings. The van der Waals surface area contributed by atoms with E-state index in [1.165, 1.54) is 12.1 Å². The van der Waals surface area contributed by atoms with Crippen LogP contribution in [0.25, 0.3) is 0 Å². The predicted octanol–water partition coefficient (Wildman–Crippen LogP) is 3.49. The Morgan fingerprint density at radius 2 is 2.00 bits per heavy atom. The topological polar surface area (TPSA) is 73.6 Å². The van der Waals surface area contributed by atoms with Gasteiger partial charge < -0.3 is 14.8 Å². The van der Waals surface area contributed by atoms with Crippen LogP contribution in [-0.2, 0) is 13.1 Å². The molecule has 0 saturated heterocycles. The van der Waals surface area contributed by atoms with Crippen LogP contribution in [0.4, 0.5) is 14.5 Å². The fourth-order valence-electron chi connectivity index (χ4n) is 2.15. The average molecular weight is 338 g/mol. The fraction of sp³-hybridized carbons (Fsp3) is 0.250. The molecule has 0 aliphatic heterocycles. The number of nitrogens with one attached hydrogen (secondary N) is 1. The highest BCUT2D eigenvalue weighted by molar-refractivity contribution is 5.43. The second-order valence-electron chi connectivity index (χ2n) is 4.88.